The summed E-state index contributed by atoms with van der Waals surface area (Å²) in [5.41, 5.74) is -0.429. The third-order valence-electron chi connectivity index (χ3n) is 2.93. The fourth-order valence-electron chi connectivity index (χ4n) is 1.79. The van der Waals surface area contributed by atoms with Crippen LogP contribution in [0.25, 0.3) is 0 Å². The zero-order chi connectivity index (χ0) is 17.2. The summed E-state index contributed by atoms with van der Waals surface area (Å²) >= 11 is 0. The summed E-state index contributed by atoms with van der Waals surface area (Å²) in [6.45, 7) is 1.43. The van der Waals surface area contributed by atoms with Crippen molar-refractivity contribution in [3.8, 4) is 11.5 Å². The average molecular weight is 364 g/mol. The molecule has 0 saturated heterocycles. The molecule has 24 heavy (non-hydrogen) atoms. The Kier molecular flexibility index (Phi) is 10.4. The normalized spacial score (nSPS) is 9.79. The summed E-state index contributed by atoms with van der Waals surface area (Å²) in [5, 5.41) is 16.7. The Labute approximate surface area is 146 Å². The van der Waals surface area contributed by atoms with E-state index in [4.69, 9.17) is 14.2 Å². The molecule has 1 amide bonds. The van der Waals surface area contributed by atoms with Crippen molar-refractivity contribution in [2.75, 3.05) is 47.6 Å². The second kappa shape index (κ2) is 11.4. The van der Waals surface area contributed by atoms with E-state index in [-0.39, 0.29) is 41.8 Å². The average Bonchev–Trinajstić information content (AvgIpc) is 2.54. The molecular weight excluding hydrogens is 342 g/mol. The van der Waals surface area contributed by atoms with Gasteiger partial charge in [-0.1, -0.05) is 0 Å². The number of nitro groups is 1. The third kappa shape index (κ3) is 6.19. The molecular formula is C14H22ClN3O6. The first-order valence-electron chi connectivity index (χ1n) is 6.96. The maximum absolute atomic E-state index is 12.1. The highest BCUT2D eigenvalue weighted by Gasteiger charge is 2.24. The van der Waals surface area contributed by atoms with Crippen LogP contribution in [0, 0.1) is 10.1 Å². The molecule has 1 aromatic carbocycles. The molecule has 0 radical (unpaired) electrons. The van der Waals surface area contributed by atoms with E-state index in [1.165, 1.54) is 26.4 Å². The van der Waals surface area contributed by atoms with Crippen LogP contribution in [0.2, 0.25) is 0 Å². The lowest BCUT2D eigenvalue weighted by Gasteiger charge is -2.12. The van der Waals surface area contributed by atoms with Crippen molar-refractivity contribution < 1.29 is 23.9 Å². The fraction of sp³-hybridized carbons (Fsp3) is 0.500. The van der Waals surface area contributed by atoms with E-state index < -0.39 is 10.8 Å². The number of carbonyl (C=O) groups is 1. The Hall–Kier alpha value is -2.10. The number of amides is 1. The standard InChI is InChI=1S/C14H21N3O6.ClH/c1-15-4-5-16-14(18)10-8-12(22-3)13(23-7-6-21-2)9-11(10)17(19)20;/h8-9,15H,4-7H2,1-3H3,(H,16,18);1H. The highest BCUT2D eigenvalue weighted by molar-refractivity contribution is 5.99. The van der Waals surface area contributed by atoms with Gasteiger partial charge in [-0.05, 0) is 7.05 Å². The van der Waals surface area contributed by atoms with Crippen LogP contribution in [-0.4, -0.2) is 58.4 Å². The smallest absolute Gasteiger partial charge is 0.286 e. The minimum absolute atomic E-state index is 0. The quantitative estimate of drug-likeness (QED) is 0.362. The summed E-state index contributed by atoms with van der Waals surface area (Å²) in [6, 6.07) is 2.48. The summed E-state index contributed by atoms with van der Waals surface area (Å²) in [5.74, 6) is -0.123. The van der Waals surface area contributed by atoms with Gasteiger partial charge in [0.1, 0.15) is 12.2 Å². The van der Waals surface area contributed by atoms with Crippen LogP contribution in [0.5, 0.6) is 11.5 Å². The number of nitrogens with zero attached hydrogens (tertiary/aromatic N) is 1. The molecule has 1 aromatic rings. The number of halogens is 1. The van der Waals surface area contributed by atoms with Crippen molar-refractivity contribution in [3.63, 3.8) is 0 Å². The van der Waals surface area contributed by atoms with Gasteiger partial charge in [0, 0.05) is 26.3 Å². The monoisotopic (exact) mass is 363 g/mol. The Morgan fingerprint density at radius 2 is 1.92 bits per heavy atom. The highest BCUT2D eigenvalue weighted by atomic mass is 35.5. The van der Waals surface area contributed by atoms with Crippen LogP contribution in [0.1, 0.15) is 10.4 Å². The molecule has 0 bridgehead atoms. The zero-order valence-corrected chi connectivity index (χ0v) is 14.6. The first-order chi connectivity index (χ1) is 11.0. The van der Waals surface area contributed by atoms with E-state index in [0.717, 1.165) is 0 Å². The number of nitro benzene ring substituents is 1. The van der Waals surface area contributed by atoms with Crippen LogP contribution >= 0.6 is 12.4 Å². The maximum atomic E-state index is 12.1. The molecule has 0 spiro atoms. The molecule has 1 rings (SSSR count). The molecule has 0 heterocycles. The van der Waals surface area contributed by atoms with Crippen molar-refractivity contribution in [3.05, 3.63) is 27.8 Å². The molecule has 0 unspecified atom stereocenters. The van der Waals surface area contributed by atoms with Crippen molar-refractivity contribution in [1.82, 2.24) is 10.6 Å². The van der Waals surface area contributed by atoms with E-state index >= 15 is 0 Å². The maximum Gasteiger partial charge on any atom is 0.286 e. The molecule has 0 atom stereocenters. The number of rotatable bonds is 10. The van der Waals surface area contributed by atoms with Crippen LogP contribution in [-0.2, 0) is 4.74 Å². The number of likely N-dealkylation sites (N-methyl/N-ethyl adjacent to an activating group) is 1. The van der Waals surface area contributed by atoms with Gasteiger partial charge in [0.15, 0.2) is 11.5 Å². The van der Waals surface area contributed by atoms with E-state index in [9.17, 15) is 14.9 Å². The van der Waals surface area contributed by atoms with Crippen molar-refractivity contribution >= 4 is 24.0 Å². The van der Waals surface area contributed by atoms with Crippen LogP contribution in [0.4, 0.5) is 5.69 Å². The molecule has 10 heteroatoms. The molecule has 136 valence electrons. The largest absolute Gasteiger partial charge is 0.493 e. The van der Waals surface area contributed by atoms with Gasteiger partial charge in [-0.15, -0.1) is 12.4 Å². The van der Waals surface area contributed by atoms with Crippen molar-refractivity contribution in [2.45, 2.75) is 0 Å². The fourth-order valence-corrected chi connectivity index (χ4v) is 1.79. The summed E-state index contributed by atoms with van der Waals surface area (Å²) in [4.78, 5) is 22.7. The first kappa shape index (κ1) is 21.9. The number of hydrogen-bond acceptors (Lipinski definition) is 7. The van der Waals surface area contributed by atoms with Crippen LogP contribution in [0.15, 0.2) is 12.1 Å². The number of benzene rings is 1. The van der Waals surface area contributed by atoms with Gasteiger partial charge in [0.05, 0.1) is 24.7 Å². The lowest BCUT2D eigenvalue weighted by molar-refractivity contribution is -0.385. The number of methoxy groups -OCH3 is 2. The third-order valence-corrected chi connectivity index (χ3v) is 2.93. The van der Waals surface area contributed by atoms with Crippen LogP contribution < -0.4 is 20.1 Å². The number of ether oxygens (including phenoxy) is 3. The number of nitrogens with one attached hydrogen (secondary N) is 2. The van der Waals surface area contributed by atoms with E-state index in [0.29, 0.717) is 19.7 Å². The zero-order valence-electron chi connectivity index (χ0n) is 13.8. The van der Waals surface area contributed by atoms with Crippen molar-refractivity contribution in [2.24, 2.45) is 0 Å². The number of carbonyl (C=O) groups excluding carboxylic acids is 1. The van der Waals surface area contributed by atoms with Gasteiger partial charge in [0.2, 0.25) is 0 Å². The molecule has 0 aliphatic rings. The molecule has 0 saturated carbocycles. The van der Waals surface area contributed by atoms with Gasteiger partial charge in [-0.2, -0.15) is 0 Å². The Balaban J connectivity index is 0.00000529. The number of hydrogen-bond donors (Lipinski definition) is 2. The molecule has 0 aliphatic carbocycles. The predicted octanol–water partition coefficient (Wildman–Crippen LogP) is 1.000. The highest BCUT2D eigenvalue weighted by Crippen LogP contribution is 2.34. The van der Waals surface area contributed by atoms with E-state index in [1.807, 2.05) is 0 Å². The van der Waals surface area contributed by atoms with E-state index in [2.05, 4.69) is 10.6 Å². The lowest BCUT2D eigenvalue weighted by atomic mass is 10.1. The van der Waals surface area contributed by atoms with Gasteiger partial charge in [-0.3, -0.25) is 14.9 Å². The molecule has 2 N–H and O–H groups in total. The Bertz CT molecular complexity index is 556. The minimum Gasteiger partial charge on any atom is -0.493 e. The molecule has 0 aromatic heterocycles. The minimum atomic E-state index is -0.629. The Morgan fingerprint density at radius 1 is 1.21 bits per heavy atom. The summed E-state index contributed by atoms with van der Waals surface area (Å²) in [6.07, 6.45) is 0. The molecule has 0 fully saturated rings. The second-order valence-electron chi connectivity index (χ2n) is 4.48. The van der Waals surface area contributed by atoms with Crippen molar-refractivity contribution in [1.29, 1.82) is 0 Å². The summed E-state index contributed by atoms with van der Waals surface area (Å²) < 4.78 is 15.4. The van der Waals surface area contributed by atoms with E-state index in [1.54, 1.807) is 7.05 Å². The van der Waals surface area contributed by atoms with Gasteiger partial charge in [-0.25, -0.2) is 0 Å². The molecule has 9 nitrogen and oxygen atoms in total. The van der Waals surface area contributed by atoms with Crippen LogP contribution in [0.3, 0.4) is 0 Å². The first-order valence-corrected chi connectivity index (χ1v) is 6.96. The topological polar surface area (TPSA) is 112 Å². The predicted molar refractivity (Wildman–Crippen MR) is 90.5 cm³/mol. The van der Waals surface area contributed by atoms with Gasteiger partial charge >= 0.3 is 0 Å². The second-order valence-corrected chi connectivity index (χ2v) is 4.48. The van der Waals surface area contributed by atoms with Gasteiger partial charge < -0.3 is 24.8 Å². The summed E-state index contributed by atoms with van der Waals surface area (Å²) in [7, 11) is 4.65. The SMILES string of the molecule is CNCCNC(=O)c1cc(OC)c(OCCOC)cc1[N+](=O)[O-].Cl. The Morgan fingerprint density at radius 3 is 2.46 bits per heavy atom. The lowest BCUT2D eigenvalue weighted by Crippen LogP contribution is -2.30. The van der Waals surface area contributed by atoms with Gasteiger partial charge in [0.25, 0.3) is 11.6 Å². The molecule has 0 aliphatic heterocycles.